The maximum Gasteiger partial charge on any atom is 0.266 e. The van der Waals surface area contributed by atoms with Crippen molar-refractivity contribution in [1.82, 2.24) is 0 Å². The summed E-state index contributed by atoms with van der Waals surface area (Å²) in [4.78, 5) is -1.48. The second-order valence-electron chi connectivity index (χ2n) is 3.09. The minimum atomic E-state index is -2.87. The summed E-state index contributed by atoms with van der Waals surface area (Å²) in [6.07, 6.45) is -2.87. The zero-order valence-electron chi connectivity index (χ0n) is 7.40. The Bertz CT molecular complexity index is 333. The molecule has 0 aliphatic carbocycles. The molecule has 14 heavy (non-hydrogen) atoms. The van der Waals surface area contributed by atoms with Crippen molar-refractivity contribution < 1.29 is 13.2 Å². The highest BCUT2D eigenvalue weighted by Crippen LogP contribution is 2.30. The average Bonchev–Trinajstić information content (AvgIpc) is 2.01. The molecule has 0 aliphatic rings. The van der Waals surface area contributed by atoms with Gasteiger partial charge in [0, 0.05) is 5.56 Å². The van der Waals surface area contributed by atoms with Gasteiger partial charge < -0.3 is 5.73 Å². The quantitative estimate of drug-likeness (QED) is 0.605. The zero-order valence-corrected chi connectivity index (χ0v) is 8.15. The summed E-state index contributed by atoms with van der Waals surface area (Å²) < 4.78 is 37.9. The third kappa shape index (κ3) is 2.19. The van der Waals surface area contributed by atoms with E-state index in [4.69, 9.17) is 17.3 Å². The topological polar surface area (TPSA) is 26.0 Å². The van der Waals surface area contributed by atoms with Gasteiger partial charge in [0.1, 0.15) is 10.8 Å². The van der Waals surface area contributed by atoms with Crippen molar-refractivity contribution in [2.75, 3.05) is 0 Å². The predicted molar refractivity (Wildman–Crippen MR) is 48.7 cm³/mol. The Morgan fingerprint density at radius 3 is 2.43 bits per heavy atom. The minimum absolute atomic E-state index is 0.128. The van der Waals surface area contributed by atoms with Crippen molar-refractivity contribution in [3.63, 3.8) is 0 Å². The first-order valence-electron chi connectivity index (χ1n) is 3.89. The molecule has 0 aliphatic heterocycles. The maximum atomic E-state index is 13.4. The lowest BCUT2D eigenvalue weighted by atomic mass is 10.0. The van der Waals surface area contributed by atoms with Crippen LogP contribution in [-0.2, 0) is 5.00 Å². The fourth-order valence-electron chi connectivity index (χ4n) is 1.10. The SMILES string of the molecule is C[C@@](N)(Cl)c1cccc(C(F)F)c1F. The number of rotatable bonds is 2. The van der Waals surface area contributed by atoms with Crippen LogP contribution in [-0.4, -0.2) is 0 Å². The molecular weight excluding hydrogens is 215 g/mol. The Morgan fingerprint density at radius 2 is 2.00 bits per heavy atom. The normalized spacial score (nSPS) is 15.6. The molecule has 1 aromatic rings. The van der Waals surface area contributed by atoms with E-state index in [1.54, 1.807) is 0 Å². The van der Waals surface area contributed by atoms with Crippen molar-refractivity contribution in [2.45, 2.75) is 18.3 Å². The third-order valence-corrected chi connectivity index (χ3v) is 1.99. The minimum Gasteiger partial charge on any atom is -0.309 e. The van der Waals surface area contributed by atoms with Crippen molar-refractivity contribution in [3.05, 3.63) is 35.1 Å². The van der Waals surface area contributed by atoms with Crippen LogP contribution < -0.4 is 5.73 Å². The van der Waals surface area contributed by atoms with Gasteiger partial charge in [-0.05, 0) is 6.92 Å². The molecule has 2 N–H and O–H groups in total. The smallest absolute Gasteiger partial charge is 0.266 e. The van der Waals surface area contributed by atoms with E-state index in [2.05, 4.69) is 0 Å². The highest BCUT2D eigenvalue weighted by atomic mass is 35.5. The molecule has 0 heterocycles. The molecule has 0 unspecified atom stereocenters. The van der Waals surface area contributed by atoms with Gasteiger partial charge in [0.05, 0.1) is 5.56 Å². The van der Waals surface area contributed by atoms with Crippen LogP contribution in [0.2, 0.25) is 0 Å². The van der Waals surface area contributed by atoms with Crippen LogP contribution in [0.3, 0.4) is 0 Å². The first-order chi connectivity index (χ1) is 6.34. The van der Waals surface area contributed by atoms with Crippen LogP contribution in [0.1, 0.15) is 24.5 Å². The van der Waals surface area contributed by atoms with E-state index in [1.165, 1.54) is 19.1 Å². The summed E-state index contributed by atoms with van der Waals surface area (Å²) in [5.74, 6) is -1.04. The molecular formula is C9H9ClF3N. The Morgan fingerprint density at radius 1 is 1.43 bits per heavy atom. The zero-order chi connectivity index (χ0) is 10.9. The summed E-state index contributed by atoms with van der Waals surface area (Å²) >= 11 is 5.63. The fraction of sp³-hybridized carbons (Fsp3) is 0.333. The highest BCUT2D eigenvalue weighted by molar-refractivity contribution is 6.23. The van der Waals surface area contributed by atoms with Crippen molar-refractivity contribution >= 4 is 11.6 Å². The second kappa shape index (κ2) is 3.79. The summed E-state index contributed by atoms with van der Waals surface area (Å²) in [6.45, 7) is 1.34. The van der Waals surface area contributed by atoms with E-state index in [1.807, 2.05) is 0 Å². The number of hydrogen-bond donors (Lipinski definition) is 1. The molecule has 1 atom stereocenters. The Hall–Kier alpha value is -0.740. The number of nitrogens with two attached hydrogens (primary N) is 1. The van der Waals surface area contributed by atoms with Gasteiger partial charge in [-0.3, -0.25) is 0 Å². The van der Waals surface area contributed by atoms with Gasteiger partial charge in [0.25, 0.3) is 6.43 Å². The molecule has 0 saturated heterocycles. The van der Waals surface area contributed by atoms with Crippen molar-refractivity contribution in [2.24, 2.45) is 5.73 Å². The van der Waals surface area contributed by atoms with Crippen LogP contribution >= 0.6 is 11.6 Å². The molecule has 1 rings (SSSR count). The van der Waals surface area contributed by atoms with Gasteiger partial charge >= 0.3 is 0 Å². The van der Waals surface area contributed by atoms with Gasteiger partial charge in [-0.2, -0.15) is 0 Å². The average molecular weight is 224 g/mol. The van der Waals surface area contributed by atoms with Gasteiger partial charge in [-0.1, -0.05) is 29.8 Å². The molecule has 0 bridgehead atoms. The standard InChI is InChI=1S/C9H9ClF3N/c1-9(10,14)6-4-2-3-5(7(6)11)8(12)13/h2-4,8H,14H2,1H3/t9-/m0/s1. The maximum absolute atomic E-state index is 13.4. The molecule has 5 heteroatoms. The van der Waals surface area contributed by atoms with Crippen LogP contribution in [0.5, 0.6) is 0 Å². The van der Waals surface area contributed by atoms with E-state index in [0.717, 1.165) is 6.07 Å². The van der Waals surface area contributed by atoms with Gasteiger partial charge in [0.15, 0.2) is 0 Å². The van der Waals surface area contributed by atoms with Crippen molar-refractivity contribution in [1.29, 1.82) is 0 Å². The molecule has 0 amide bonds. The molecule has 78 valence electrons. The van der Waals surface area contributed by atoms with Gasteiger partial charge in [0.2, 0.25) is 0 Å². The predicted octanol–water partition coefficient (Wildman–Crippen LogP) is 3.13. The molecule has 0 fully saturated rings. The van der Waals surface area contributed by atoms with Gasteiger partial charge in [-0.25, -0.2) is 13.2 Å². The van der Waals surface area contributed by atoms with E-state index in [9.17, 15) is 13.2 Å². The molecule has 0 radical (unpaired) electrons. The number of benzene rings is 1. The molecule has 1 aromatic carbocycles. The molecule has 0 spiro atoms. The fourth-order valence-corrected chi connectivity index (χ4v) is 1.24. The van der Waals surface area contributed by atoms with Crippen molar-refractivity contribution in [3.8, 4) is 0 Å². The Labute approximate surface area is 84.7 Å². The number of hydrogen-bond acceptors (Lipinski definition) is 1. The lowest BCUT2D eigenvalue weighted by molar-refractivity contribution is 0.146. The van der Waals surface area contributed by atoms with Crippen LogP contribution in [0.25, 0.3) is 0 Å². The van der Waals surface area contributed by atoms with E-state index < -0.39 is 22.8 Å². The Kier molecular flexibility index (Phi) is 3.07. The van der Waals surface area contributed by atoms with Crippen LogP contribution in [0.15, 0.2) is 18.2 Å². The molecule has 0 saturated carbocycles. The van der Waals surface area contributed by atoms with Crippen LogP contribution in [0.4, 0.5) is 13.2 Å². The monoisotopic (exact) mass is 223 g/mol. The van der Waals surface area contributed by atoms with E-state index >= 15 is 0 Å². The largest absolute Gasteiger partial charge is 0.309 e. The summed E-state index contributed by atoms with van der Waals surface area (Å²) in [5, 5.41) is 0. The third-order valence-electron chi connectivity index (χ3n) is 1.79. The number of halogens is 4. The molecule has 0 aromatic heterocycles. The second-order valence-corrected chi connectivity index (χ2v) is 3.87. The number of alkyl halides is 3. The lowest BCUT2D eigenvalue weighted by Gasteiger charge is -2.18. The van der Waals surface area contributed by atoms with Crippen LogP contribution in [0, 0.1) is 5.82 Å². The van der Waals surface area contributed by atoms with E-state index in [0.29, 0.717) is 0 Å². The molecule has 1 nitrogen and oxygen atoms in total. The first kappa shape index (κ1) is 11.3. The summed E-state index contributed by atoms with van der Waals surface area (Å²) in [5.41, 5.74) is 4.60. The first-order valence-corrected chi connectivity index (χ1v) is 4.26. The van der Waals surface area contributed by atoms with Gasteiger partial charge in [-0.15, -0.1) is 0 Å². The van der Waals surface area contributed by atoms with E-state index in [-0.39, 0.29) is 5.56 Å². The Balaban J connectivity index is 3.28. The lowest BCUT2D eigenvalue weighted by Crippen LogP contribution is -2.27. The highest BCUT2D eigenvalue weighted by Gasteiger charge is 2.25. The summed E-state index contributed by atoms with van der Waals surface area (Å²) in [7, 11) is 0. The summed E-state index contributed by atoms with van der Waals surface area (Å²) in [6, 6.07) is 3.59.